The van der Waals surface area contributed by atoms with Gasteiger partial charge in [-0.15, -0.1) is 0 Å². The summed E-state index contributed by atoms with van der Waals surface area (Å²) in [6, 6.07) is 89.4. The zero-order chi connectivity index (χ0) is 46.6. The number of nitrogens with zero attached hydrogens (tertiary/aromatic N) is 3. The summed E-state index contributed by atoms with van der Waals surface area (Å²) < 4.78 is 0. The van der Waals surface area contributed by atoms with Crippen LogP contribution in [0.4, 0.5) is 45.5 Å². The summed E-state index contributed by atoms with van der Waals surface area (Å²) in [7, 11) is 0. The van der Waals surface area contributed by atoms with Crippen molar-refractivity contribution in [3.05, 3.63) is 254 Å². The van der Waals surface area contributed by atoms with E-state index < -0.39 is 0 Å². The summed E-state index contributed by atoms with van der Waals surface area (Å²) >= 11 is 0. The molecule has 12 rings (SSSR count). The first-order valence-corrected chi connectivity index (χ1v) is 24.1. The van der Waals surface area contributed by atoms with Gasteiger partial charge < -0.3 is 14.6 Å². The van der Waals surface area contributed by atoms with E-state index in [4.69, 9.17) is 0 Å². The summed E-state index contributed by atoms with van der Waals surface area (Å²) in [6.07, 6.45) is 0. The van der Waals surface area contributed by atoms with E-state index in [9.17, 15) is 0 Å². The lowest BCUT2D eigenvalue weighted by Crippen LogP contribution is -2.61. The van der Waals surface area contributed by atoms with Crippen LogP contribution < -0.4 is 25.5 Å². The Kier molecular flexibility index (Phi) is 10.4. The van der Waals surface area contributed by atoms with Gasteiger partial charge in [0.05, 0.1) is 0 Å². The second kappa shape index (κ2) is 17.1. The SMILES string of the molecule is Cc1ccc(-c2ccccc2)cc1N1c2ccc(-c3ccccc3)cc2B2c3c(cc(C(C)(C)C)cc31)-c1ccc(N(c3ccccc3)c3ccccc3)cc1N2c1ccc(-c2ccccc2)cc1. The smallest absolute Gasteiger partial charge is 0.333 e. The summed E-state index contributed by atoms with van der Waals surface area (Å²) in [5.74, 6) is 0. The van der Waals surface area contributed by atoms with Gasteiger partial charge in [-0.1, -0.05) is 197 Å². The number of rotatable bonds is 8. The molecular formula is C65H52BN3. The Bertz CT molecular complexity index is 3440. The highest BCUT2D eigenvalue weighted by Crippen LogP contribution is 2.51. The number of hydrogen-bond acceptors (Lipinski definition) is 3. The van der Waals surface area contributed by atoms with E-state index in [-0.39, 0.29) is 12.3 Å². The zero-order valence-electron chi connectivity index (χ0n) is 39.5. The number of benzene rings is 10. The Labute approximate surface area is 407 Å². The van der Waals surface area contributed by atoms with E-state index in [1.54, 1.807) is 0 Å². The topological polar surface area (TPSA) is 9.72 Å². The first-order valence-electron chi connectivity index (χ1n) is 24.1. The van der Waals surface area contributed by atoms with Crippen LogP contribution in [0.5, 0.6) is 0 Å². The van der Waals surface area contributed by atoms with Crippen LogP contribution >= 0.6 is 0 Å². The molecule has 10 aromatic carbocycles. The Balaban J connectivity index is 1.17. The number of fused-ring (bicyclic) bond motifs is 4. The predicted molar refractivity (Wildman–Crippen MR) is 295 cm³/mol. The number of hydrogen-bond donors (Lipinski definition) is 0. The standard InChI is InChI=1S/C65H52BN3/c1-45-30-31-51(48-24-14-7-15-25-48)41-61(45)68-60-39-34-50(47-22-12-6-13-23-47)40-59(60)66-64-58(42-52(43-63(64)68)65(2,3)4)57-38-37-56(67(53-26-16-8-17-27-53)54-28-18-9-19-29-54)44-62(57)69(66)55-35-32-49(33-36-55)46-20-10-5-11-21-46/h5-44H,1-4H3. The second-order valence-electron chi connectivity index (χ2n) is 19.4. The van der Waals surface area contributed by atoms with Gasteiger partial charge in [-0.25, -0.2) is 0 Å². The Morgan fingerprint density at radius 1 is 0.377 bits per heavy atom. The molecule has 0 saturated heterocycles. The molecule has 0 aliphatic carbocycles. The van der Waals surface area contributed by atoms with Crippen molar-refractivity contribution < 1.29 is 0 Å². The molecule has 0 fully saturated rings. The van der Waals surface area contributed by atoms with Crippen LogP contribution in [0.25, 0.3) is 44.5 Å². The molecule has 0 atom stereocenters. The number of aryl methyl sites for hydroxylation is 1. The third-order valence-corrected chi connectivity index (χ3v) is 14.1. The maximum atomic E-state index is 2.64. The minimum Gasteiger partial charge on any atom is -0.376 e. The monoisotopic (exact) mass is 885 g/mol. The van der Waals surface area contributed by atoms with Crippen LogP contribution in [-0.4, -0.2) is 6.85 Å². The summed E-state index contributed by atoms with van der Waals surface area (Å²) in [6.45, 7) is 9.12. The molecular weight excluding hydrogens is 834 g/mol. The van der Waals surface area contributed by atoms with Gasteiger partial charge in [0, 0.05) is 51.1 Å². The molecule has 10 aromatic rings. The lowest BCUT2D eigenvalue weighted by atomic mass is 9.43. The van der Waals surface area contributed by atoms with Crippen LogP contribution in [-0.2, 0) is 5.41 Å². The molecule has 0 aromatic heterocycles. The molecule has 0 saturated carbocycles. The molecule has 4 heteroatoms. The predicted octanol–water partition coefficient (Wildman–Crippen LogP) is 16.5. The van der Waals surface area contributed by atoms with Crippen LogP contribution in [0, 0.1) is 6.92 Å². The van der Waals surface area contributed by atoms with Crippen LogP contribution in [0.3, 0.4) is 0 Å². The Hall–Kier alpha value is -8.34. The third-order valence-electron chi connectivity index (χ3n) is 14.1. The number of para-hydroxylation sites is 2. The molecule has 330 valence electrons. The molecule has 2 aliphatic heterocycles. The van der Waals surface area contributed by atoms with E-state index >= 15 is 0 Å². The van der Waals surface area contributed by atoms with Crippen molar-refractivity contribution in [2.75, 3.05) is 14.6 Å². The Morgan fingerprint density at radius 3 is 1.46 bits per heavy atom. The van der Waals surface area contributed by atoms with Crippen LogP contribution in [0.1, 0.15) is 31.9 Å². The van der Waals surface area contributed by atoms with Gasteiger partial charge in [0.25, 0.3) is 0 Å². The molecule has 2 aliphatic rings. The van der Waals surface area contributed by atoms with Gasteiger partial charge >= 0.3 is 6.85 Å². The van der Waals surface area contributed by atoms with E-state index in [1.807, 2.05) is 0 Å². The average molecular weight is 886 g/mol. The van der Waals surface area contributed by atoms with Crippen molar-refractivity contribution in [2.45, 2.75) is 33.1 Å². The summed E-state index contributed by atoms with van der Waals surface area (Å²) in [5.41, 5.74) is 23.8. The third kappa shape index (κ3) is 7.50. The van der Waals surface area contributed by atoms with Gasteiger partial charge in [-0.05, 0) is 140 Å². The highest BCUT2D eigenvalue weighted by Gasteiger charge is 2.46. The summed E-state index contributed by atoms with van der Waals surface area (Å²) in [5, 5.41) is 0. The maximum absolute atomic E-state index is 2.64. The van der Waals surface area contributed by atoms with Crippen molar-refractivity contribution in [3.8, 4) is 44.5 Å². The highest BCUT2D eigenvalue weighted by molar-refractivity contribution is 6.93. The average Bonchev–Trinajstić information content (AvgIpc) is 3.40. The van der Waals surface area contributed by atoms with Gasteiger partial charge in [0.15, 0.2) is 0 Å². The molecule has 0 spiro atoms. The molecule has 0 unspecified atom stereocenters. The molecule has 0 radical (unpaired) electrons. The van der Waals surface area contributed by atoms with Crippen molar-refractivity contribution >= 4 is 63.3 Å². The van der Waals surface area contributed by atoms with Gasteiger partial charge in [-0.3, -0.25) is 0 Å². The lowest BCUT2D eigenvalue weighted by molar-refractivity contribution is 0.590. The molecule has 0 N–H and O–H groups in total. The molecule has 3 nitrogen and oxygen atoms in total. The Morgan fingerprint density at radius 2 is 0.884 bits per heavy atom. The molecule has 69 heavy (non-hydrogen) atoms. The van der Waals surface area contributed by atoms with Crippen molar-refractivity contribution in [2.24, 2.45) is 0 Å². The summed E-state index contributed by atoms with van der Waals surface area (Å²) in [4.78, 5) is 7.61. The van der Waals surface area contributed by atoms with Crippen LogP contribution in [0.2, 0.25) is 0 Å². The van der Waals surface area contributed by atoms with E-state index in [0.29, 0.717) is 0 Å². The van der Waals surface area contributed by atoms with Crippen molar-refractivity contribution in [1.82, 2.24) is 0 Å². The van der Waals surface area contributed by atoms with Gasteiger partial charge in [0.1, 0.15) is 0 Å². The zero-order valence-corrected chi connectivity index (χ0v) is 39.5. The fraction of sp³-hybridized carbons (Fsp3) is 0.0769. The van der Waals surface area contributed by atoms with Crippen molar-refractivity contribution in [1.29, 1.82) is 0 Å². The largest absolute Gasteiger partial charge is 0.376 e. The van der Waals surface area contributed by atoms with Crippen LogP contribution in [0.15, 0.2) is 243 Å². The second-order valence-corrected chi connectivity index (χ2v) is 19.4. The van der Waals surface area contributed by atoms with Crippen molar-refractivity contribution in [3.63, 3.8) is 0 Å². The minimum absolute atomic E-state index is 0.132. The minimum atomic E-state index is -0.177. The highest BCUT2D eigenvalue weighted by atomic mass is 15.2. The fourth-order valence-corrected chi connectivity index (χ4v) is 10.6. The van der Waals surface area contributed by atoms with E-state index in [1.165, 1.54) is 83.6 Å². The van der Waals surface area contributed by atoms with Gasteiger partial charge in [0.2, 0.25) is 0 Å². The molecule has 2 heterocycles. The number of anilines is 8. The maximum Gasteiger partial charge on any atom is 0.333 e. The van der Waals surface area contributed by atoms with E-state index in [2.05, 4.69) is 285 Å². The first-order chi connectivity index (χ1) is 33.8. The van der Waals surface area contributed by atoms with E-state index in [0.717, 1.165) is 28.4 Å². The first kappa shape index (κ1) is 42.0. The molecule has 0 amide bonds. The molecule has 0 bridgehead atoms. The quantitative estimate of drug-likeness (QED) is 0.141. The normalized spacial score (nSPS) is 12.6. The van der Waals surface area contributed by atoms with Gasteiger partial charge in [-0.2, -0.15) is 0 Å². The lowest BCUT2D eigenvalue weighted by Gasteiger charge is -2.47. The fourth-order valence-electron chi connectivity index (χ4n) is 10.6.